The van der Waals surface area contributed by atoms with Gasteiger partial charge in [-0.05, 0) is 36.1 Å². The predicted octanol–water partition coefficient (Wildman–Crippen LogP) is 1.13. The Bertz CT molecular complexity index is 759. The maximum atomic E-state index is 12.3. The van der Waals surface area contributed by atoms with Crippen LogP contribution in [0.4, 0.5) is 0 Å². The van der Waals surface area contributed by atoms with Gasteiger partial charge in [-0.3, -0.25) is 10.2 Å². The lowest BCUT2D eigenvalue weighted by Crippen LogP contribution is -2.30. The zero-order valence-corrected chi connectivity index (χ0v) is 14.1. The molecule has 4 N–H and O–H groups in total. The van der Waals surface area contributed by atoms with Crippen LogP contribution in [0.5, 0.6) is 0 Å². The summed E-state index contributed by atoms with van der Waals surface area (Å²) in [5, 5.41) is 0. The summed E-state index contributed by atoms with van der Waals surface area (Å²) in [5.74, 6) is 4.76. The van der Waals surface area contributed by atoms with Crippen LogP contribution < -0.4 is 16.0 Å². The van der Waals surface area contributed by atoms with Crippen LogP contribution in [0.15, 0.2) is 59.5 Å². The molecule has 0 fully saturated rings. The van der Waals surface area contributed by atoms with E-state index < -0.39 is 10.0 Å². The zero-order chi connectivity index (χ0) is 17.4. The molecule has 0 saturated heterocycles. The molecule has 0 aliphatic heterocycles. The second-order valence-electron chi connectivity index (χ2n) is 5.34. The Labute approximate surface area is 142 Å². The number of carbonyl (C=O) groups is 1. The number of rotatable bonds is 8. The van der Waals surface area contributed by atoms with Crippen LogP contribution in [-0.2, 0) is 27.7 Å². The van der Waals surface area contributed by atoms with Crippen LogP contribution in [0.2, 0.25) is 0 Å². The standard InChI is InChI=1S/C17H21N3O3S/c18-20-17(21)11-8-15-6-9-16(10-7-15)24(22,23)19-13-12-14-4-2-1-3-5-14/h1-7,9-10,19H,8,11-13,18H2,(H,20,21). The Morgan fingerprint density at radius 3 is 2.17 bits per heavy atom. The SMILES string of the molecule is NNC(=O)CCc1ccc(S(=O)(=O)NCCc2ccccc2)cc1. The molecule has 1 amide bonds. The summed E-state index contributed by atoms with van der Waals surface area (Å²) in [6, 6.07) is 16.2. The van der Waals surface area contributed by atoms with E-state index in [9.17, 15) is 13.2 Å². The van der Waals surface area contributed by atoms with E-state index in [-0.39, 0.29) is 17.2 Å². The Morgan fingerprint density at radius 1 is 0.917 bits per heavy atom. The number of hydrogen-bond donors (Lipinski definition) is 3. The molecule has 7 heteroatoms. The third-order valence-corrected chi connectivity index (χ3v) is 5.06. The quantitative estimate of drug-likeness (QED) is 0.378. The molecule has 0 atom stereocenters. The van der Waals surface area contributed by atoms with Crippen molar-refractivity contribution in [3.8, 4) is 0 Å². The maximum absolute atomic E-state index is 12.3. The first kappa shape index (κ1) is 18.1. The number of nitrogens with one attached hydrogen (secondary N) is 2. The fraction of sp³-hybridized carbons (Fsp3) is 0.235. The fourth-order valence-corrected chi connectivity index (χ4v) is 3.25. The van der Waals surface area contributed by atoms with Gasteiger partial charge in [-0.25, -0.2) is 19.0 Å². The van der Waals surface area contributed by atoms with E-state index in [0.717, 1.165) is 11.1 Å². The highest BCUT2D eigenvalue weighted by molar-refractivity contribution is 7.89. The van der Waals surface area contributed by atoms with Gasteiger partial charge in [0.1, 0.15) is 0 Å². The van der Waals surface area contributed by atoms with Gasteiger partial charge in [0.05, 0.1) is 4.90 Å². The molecule has 24 heavy (non-hydrogen) atoms. The second kappa shape index (κ2) is 8.58. The molecule has 0 bridgehead atoms. The van der Waals surface area contributed by atoms with Crippen molar-refractivity contribution in [3.63, 3.8) is 0 Å². The molecule has 0 aliphatic carbocycles. The van der Waals surface area contributed by atoms with Gasteiger partial charge in [0.2, 0.25) is 15.9 Å². The lowest BCUT2D eigenvalue weighted by Gasteiger charge is -2.08. The van der Waals surface area contributed by atoms with Crippen molar-refractivity contribution in [2.45, 2.75) is 24.2 Å². The van der Waals surface area contributed by atoms with E-state index in [1.54, 1.807) is 24.3 Å². The highest BCUT2D eigenvalue weighted by atomic mass is 32.2. The molecule has 2 aromatic carbocycles. The van der Waals surface area contributed by atoms with E-state index in [0.29, 0.717) is 19.4 Å². The number of benzene rings is 2. The average molecular weight is 347 g/mol. The van der Waals surface area contributed by atoms with Gasteiger partial charge in [0.25, 0.3) is 0 Å². The summed E-state index contributed by atoms with van der Waals surface area (Å²) in [6.45, 7) is 0.338. The average Bonchev–Trinajstić information content (AvgIpc) is 2.60. The minimum Gasteiger partial charge on any atom is -0.294 e. The highest BCUT2D eigenvalue weighted by Gasteiger charge is 2.13. The first-order chi connectivity index (χ1) is 11.5. The van der Waals surface area contributed by atoms with Crippen LogP contribution >= 0.6 is 0 Å². The van der Waals surface area contributed by atoms with Gasteiger partial charge < -0.3 is 0 Å². The Morgan fingerprint density at radius 2 is 1.54 bits per heavy atom. The smallest absolute Gasteiger partial charge is 0.240 e. The van der Waals surface area contributed by atoms with Crippen LogP contribution in [-0.4, -0.2) is 20.9 Å². The molecule has 0 saturated carbocycles. The summed E-state index contributed by atoms with van der Waals surface area (Å²) in [5.41, 5.74) is 4.02. The van der Waals surface area contributed by atoms with Gasteiger partial charge >= 0.3 is 0 Å². The number of sulfonamides is 1. The van der Waals surface area contributed by atoms with E-state index >= 15 is 0 Å². The molecule has 0 radical (unpaired) electrons. The summed E-state index contributed by atoms with van der Waals surface area (Å²) >= 11 is 0. The van der Waals surface area contributed by atoms with Crippen molar-refractivity contribution in [2.75, 3.05) is 6.54 Å². The van der Waals surface area contributed by atoms with Crippen molar-refractivity contribution in [3.05, 3.63) is 65.7 Å². The number of amides is 1. The summed E-state index contributed by atoms with van der Waals surface area (Å²) < 4.78 is 27.1. The molecule has 2 rings (SSSR count). The van der Waals surface area contributed by atoms with E-state index in [1.165, 1.54) is 0 Å². The molecule has 0 aliphatic rings. The lowest BCUT2D eigenvalue weighted by atomic mass is 10.1. The third-order valence-electron chi connectivity index (χ3n) is 3.58. The van der Waals surface area contributed by atoms with Crippen molar-refractivity contribution >= 4 is 15.9 Å². The van der Waals surface area contributed by atoms with Gasteiger partial charge in [0, 0.05) is 13.0 Å². The highest BCUT2D eigenvalue weighted by Crippen LogP contribution is 2.12. The van der Waals surface area contributed by atoms with Gasteiger partial charge in [-0.1, -0.05) is 42.5 Å². The first-order valence-corrected chi connectivity index (χ1v) is 9.11. The molecular formula is C17H21N3O3S. The van der Waals surface area contributed by atoms with Crippen LogP contribution in [0.3, 0.4) is 0 Å². The predicted molar refractivity (Wildman–Crippen MR) is 92.4 cm³/mol. The molecule has 0 unspecified atom stereocenters. The molecule has 128 valence electrons. The third kappa shape index (κ3) is 5.45. The summed E-state index contributed by atoms with van der Waals surface area (Å²) in [6.07, 6.45) is 1.40. The summed E-state index contributed by atoms with van der Waals surface area (Å²) in [7, 11) is -3.53. The zero-order valence-electron chi connectivity index (χ0n) is 13.2. The minimum absolute atomic E-state index is 0.211. The van der Waals surface area contributed by atoms with Crippen LogP contribution in [0.25, 0.3) is 0 Å². The molecule has 6 nitrogen and oxygen atoms in total. The van der Waals surface area contributed by atoms with Crippen molar-refractivity contribution < 1.29 is 13.2 Å². The van der Waals surface area contributed by atoms with Crippen molar-refractivity contribution in [1.82, 2.24) is 10.1 Å². The van der Waals surface area contributed by atoms with Crippen molar-refractivity contribution in [1.29, 1.82) is 0 Å². The van der Waals surface area contributed by atoms with Gasteiger partial charge in [-0.2, -0.15) is 0 Å². The van der Waals surface area contributed by atoms with Crippen molar-refractivity contribution in [2.24, 2.45) is 5.84 Å². The maximum Gasteiger partial charge on any atom is 0.240 e. The normalized spacial score (nSPS) is 11.2. The lowest BCUT2D eigenvalue weighted by molar-refractivity contribution is -0.121. The molecule has 0 spiro atoms. The number of hydrazine groups is 1. The van der Waals surface area contributed by atoms with Gasteiger partial charge in [-0.15, -0.1) is 0 Å². The minimum atomic E-state index is -3.53. The summed E-state index contributed by atoms with van der Waals surface area (Å²) in [4.78, 5) is 11.3. The fourth-order valence-electron chi connectivity index (χ4n) is 2.22. The second-order valence-corrected chi connectivity index (χ2v) is 7.11. The van der Waals surface area contributed by atoms with Crippen LogP contribution in [0.1, 0.15) is 17.5 Å². The molecule has 0 heterocycles. The molecule has 2 aromatic rings. The molecule has 0 aromatic heterocycles. The Hall–Kier alpha value is -2.22. The topological polar surface area (TPSA) is 101 Å². The largest absolute Gasteiger partial charge is 0.294 e. The number of aryl methyl sites for hydroxylation is 1. The number of hydrogen-bond acceptors (Lipinski definition) is 4. The van der Waals surface area contributed by atoms with E-state index in [2.05, 4.69) is 10.1 Å². The van der Waals surface area contributed by atoms with Gasteiger partial charge in [0.15, 0.2) is 0 Å². The van der Waals surface area contributed by atoms with E-state index in [4.69, 9.17) is 5.84 Å². The van der Waals surface area contributed by atoms with Crippen LogP contribution in [0, 0.1) is 0 Å². The first-order valence-electron chi connectivity index (χ1n) is 7.63. The van der Waals surface area contributed by atoms with E-state index in [1.807, 2.05) is 30.3 Å². The monoisotopic (exact) mass is 347 g/mol. The molecular weight excluding hydrogens is 326 g/mol. The Kier molecular flexibility index (Phi) is 6.48. The Balaban J connectivity index is 1.90. The number of carbonyl (C=O) groups excluding carboxylic acids is 1. The number of nitrogens with two attached hydrogens (primary N) is 1.